The predicted octanol–water partition coefficient (Wildman–Crippen LogP) is 1.90. The summed E-state index contributed by atoms with van der Waals surface area (Å²) < 4.78 is 10.1. The zero-order chi connectivity index (χ0) is 9.97. The molecule has 0 aromatic heterocycles. The van der Waals surface area contributed by atoms with Gasteiger partial charge in [-0.2, -0.15) is 0 Å². The highest BCUT2D eigenvalue weighted by Crippen LogP contribution is 2.15. The largest absolute Gasteiger partial charge is 0.432 e. The van der Waals surface area contributed by atoms with Crippen LogP contribution < -0.4 is 0 Å². The summed E-state index contributed by atoms with van der Waals surface area (Å²) in [7, 11) is 0. The molecule has 1 atom stereocenters. The van der Waals surface area contributed by atoms with E-state index < -0.39 is 0 Å². The maximum Gasteiger partial charge on any atom is 0.340 e. The van der Waals surface area contributed by atoms with Crippen molar-refractivity contribution in [2.45, 2.75) is 19.6 Å². The molecule has 1 aliphatic rings. The number of hydrogen-bond acceptors (Lipinski definition) is 3. The van der Waals surface area contributed by atoms with Crippen molar-refractivity contribution in [3.8, 4) is 0 Å². The summed E-state index contributed by atoms with van der Waals surface area (Å²) in [6, 6.07) is 7.33. The van der Waals surface area contributed by atoms with Crippen LogP contribution in [0.1, 0.15) is 22.3 Å². The lowest BCUT2D eigenvalue weighted by Gasteiger charge is -2.25. The fraction of sp³-hybridized carbons (Fsp3) is 0.364. The Hall–Kier alpha value is -1.35. The topological polar surface area (TPSA) is 35.5 Å². The highest BCUT2D eigenvalue weighted by atomic mass is 16.7. The van der Waals surface area contributed by atoms with E-state index in [4.69, 9.17) is 9.47 Å². The SMILES string of the molecule is Cc1cccc(C(=O)OC2CCO2)c1. The number of ether oxygens (including phenoxy) is 2. The minimum atomic E-state index is -0.331. The standard InChI is InChI=1S/C11H12O3/c1-8-3-2-4-9(7-8)11(12)14-10-5-6-13-10/h2-4,7,10H,5-6H2,1H3. The molecular weight excluding hydrogens is 180 g/mol. The van der Waals surface area contributed by atoms with Gasteiger partial charge in [0.15, 0.2) is 0 Å². The summed E-state index contributed by atoms with van der Waals surface area (Å²) in [5, 5.41) is 0. The van der Waals surface area contributed by atoms with Gasteiger partial charge in [0.05, 0.1) is 12.2 Å². The van der Waals surface area contributed by atoms with Crippen molar-refractivity contribution in [3.05, 3.63) is 35.4 Å². The minimum Gasteiger partial charge on any atom is -0.432 e. The number of aryl methyl sites for hydroxylation is 1. The highest BCUT2D eigenvalue weighted by Gasteiger charge is 2.22. The third kappa shape index (κ3) is 1.93. The van der Waals surface area contributed by atoms with Crippen LogP contribution in [0.4, 0.5) is 0 Å². The van der Waals surface area contributed by atoms with Crippen LogP contribution in [-0.2, 0) is 9.47 Å². The zero-order valence-electron chi connectivity index (χ0n) is 8.03. The molecule has 1 saturated heterocycles. The van der Waals surface area contributed by atoms with E-state index in [0.717, 1.165) is 12.0 Å². The first-order valence-corrected chi connectivity index (χ1v) is 4.65. The molecule has 0 bridgehead atoms. The normalized spacial score (nSPS) is 19.9. The van der Waals surface area contributed by atoms with Crippen LogP contribution in [0.2, 0.25) is 0 Å². The molecule has 1 unspecified atom stereocenters. The molecule has 0 spiro atoms. The summed E-state index contributed by atoms with van der Waals surface area (Å²) in [5.41, 5.74) is 1.63. The lowest BCUT2D eigenvalue weighted by Crippen LogP contribution is -2.31. The molecule has 1 heterocycles. The van der Waals surface area contributed by atoms with Crippen molar-refractivity contribution in [1.82, 2.24) is 0 Å². The molecule has 3 heteroatoms. The fourth-order valence-electron chi connectivity index (χ4n) is 1.27. The van der Waals surface area contributed by atoms with Crippen LogP contribution in [0.3, 0.4) is 0 Å². The lowest BCUT2D eigenvalue weighted by atomic mass is 10.1. The third-order valence-electron chi connectivity index (χ3n) is 2.15. The molecule has 0 amide bonds. The minimum absolute atomic E-state index is 0.307. The van der Waals surface area contributed by atoms with Crippen LogP contribution in [-0.4, -0.2) is 18.9 Å². The van der Waals surface area contributed by atoms with Crippen molar-refractivity contribution in [3.63, 3.8) is 0 Å². The Kier molecular flexibility index (Phi) is 2.50. The van der Waals surface area contributed by atoms with Crippen molar-refractivity contribution < 1.29 is 14.3 Å². The van der Waals surface area contributed by atoms with Gasteiger partial charge in [0.1, 0.15) is 0 Å². The van der Waals surface area contributed by atoms with E-state index in [2.05, 4.69) is 0 Å². The van der Waals surface area contributed by atoms with Crippen LogP contribution in [0.25, 0.3) is 0 Å². The van der Waals surface area contributed by atoms with E-state index in [1.54, 1.807) is 12.1 Å². The van der Waals surface area contributed by atoms with Gasteiger partial charge in [0.2, 0.25) is 6.29 Å². The third-order valence-corrected chi connectivity index (χ3v) is 2.15. The Balaban J connectivity index is 2.02. The maximum absolute atomic E-state index is 11.5. The van der Waals surface area contributed by atoms with Gasteiger partial charge < -0.3 is 9.47 Å². The van der Waals surface area contributed by atoms with Crippen molar-refractivity contribution >= 4 is 5.97 Å². The quantitative estimate of drug-likeness (QED) is 0.671. The van der Waals surface area contributed by atoms with Gasteiger partial charge in [-0.3, -0.25) is 0 Å². The van der Waals surface area contributed by atoms with E-state index in [0.29, 0.717) is 12.2 Å². The molecule has 0 saturated carbocycles. The summed E-state index contributed by atoms with van der Waals surface area (Å²) >= 11 is 0. The maximum atomic E-state index is 11.5. The first kappa shape index (κ1) is 9.21. The second kappa shape index (κ2) is 3.80. The molecule has 2 rings (SSSR count). The smallest absolute Gasteiger partial charge is 0.340 e. The monoisotopic (exact) mass is 192 g/mol. The van der Waals surface area contributed by atoms with Gasteiger partial charge in [0, 0.05) is 6.42 Å². The Morgan fingerprint density at radius 2 is 2.36 bits per heavy atom. The Morgan fingerprint density at radius 3 is 2.93 bits per heavy atom. The van der Waals surface area contributed by atoms with E-state index in [-0.39, 0.29) is 12.3 Å². The number of benzene rings is 1. The van der Waals surface area contributed by atoms with E-state index in [1.807, 2.05) is 19.1 Å². The Morgan fingerprint density at radius 1 is 1.57 bits per heavy atom. The molecular formula is C11H12O3. The van der Waals surface area contributed by atoms with Gasteiger partial charge in [-0.15, -0.1) is 0 Å². The van der Waals surface area contributed by atoms with Crippen molar-refractivity contribution in [2.75, 3.05) is 6.61 Å². The number of hydrogen-bond donors (Lipinski definition) is 0. The second-order valence-corrected chi connectivity index (χ2v) is 3.36. The Labute approximate surface area is 82.6 Å². The van der Waals surface area contributed by atoms with Crippen LogP contribution in [0.15, 0.2) is 24.3 Å². The van der Waals surface area contributed by atoms with Crippen molar-refractivity contribution in [2.24, 2.45) is 0 Å². The molecule has 1 aromatic rings. The first-order valence-electron chi connectivity index (χ1n) is 4.65. The van der Waals surface area contributed by atoms with Gasteiger partial charge in [-0.25, -0.2) is 4.79 Å². The number of carbonyl (C=O) groups excluding carboxylic acids is 1. The van der Waals surface area contributed by atoms with E-state index in [1.165, 1.54) is 0 Å². The molecule has 1 aromatic carbocycles. The molecule has 14 heavy (non-hydrogen) atoms. The summed E-state index contributed by atoms with van der Waals surface area (Å²) in [6.07, 6.45) is 0.473. The fourth-order valence-corrected chi connectivity index (χ4v) is 1.27. The number of rotatable bonds is 2. The number of esters is 1. The Bertz CT molecular complexity index is 342. The summed E-state index contributed by atoms with van der Waals surface area (Å²) in [5.74, 6) is -0.307. The van der Waals surface area contributed by atoms with E-state index >= 15 is 0 Å². The van der Waals surface area contributed by atoms with Crippen LogP contribution in [0, 0.1) is 6.92 Å². The number of carbonyl (C=O) groups is 1. The van der Waals surface area contributed by atoms with Crippen molar-refractivity contribution in [1.29, 1.82) is 0 Å². The summed E-state index contributed by atoms with van der Waals surface area (Å²) in [6.45, 7) is 2.63. The van der Waals surface area contributed by atoms with Gasteiger partial charge in [-0.1, -0.05) is 17.7 Å². The molecule has 3 nitrogen and oxygen atoms in total. The average Bonchev–Trinajstić information content (AvgIpc) is 2.11. The van der Waals surface area contributed by atoms with Gasteiger partial charge >= 0.3 is 5.97 Å². The first-order chi connectivity index (χ1) is 6.75. The second-order valence-electron chi connectivity index (χ2n) is 3.36. The average molecular weight is 192 g/mol. The molecule has 0 aliphatic carbocycles. The van der Waals surface area contributed by atoms with E-state index in [9.17, 15) is 4.79 Å². The molecule has 0 radical (unpaired) electrons. The van der Waals surface area contributed by atoms with Crippen LogP contribution in [0.5, 0.6) is 0 Å². The van der Waals surface area contributed by atoms with Crippen LogP contribution >= 0.6 is 0 Å². The molecule has 1 fully saturated rings. The van der Waals surface area contributed by atoms with Gasteiger partial charge in [-0.05, 0) is 19.1 Å². The molecule has 74 valence electrons. The lowest BCUT2D eigenvalue weighted by molar-refractivity contribution is -0.184. The predicted molar refractivity (Wildman–Crippen MR) is 51.0 cm³/mol. The molecule has 1 aliphatic heterocycles. The summed E-state index contributed by atoms with van der Waals surface area (Å²) in [4.78, 5) is 11.5. The zero-order valence-corrected chi connectivity index (χ0v) is 8.03. The van der Waals surface area contributed by atoms with Gasteiger partial charge in [0.25, 0.3) is 0 Å². The highest BCUT2D eigenvalue weighted by molar-refractivity contribution is 5.89. The molecule has 0 N–H and O–H groups in total.